The van der Waals surface area contributed by atoms with Gasteiger partial charge in [0, 0.05) is 23.1 Å². The van der Waals surface area contributed by atoms with Crippen LogP contribution in [0.15, 0.2) is 60.3 Å². The van der Waals surface area contributed by atoms with Crippen molar-refractivity contribution in [2.24, 2.45) is 0 Å². The first-order chi connectivity index (χ1) is 10.0. The molecule has 2 N–H and O–H groups in total. The third kappa shape index (κ3) is 4.72. The number of halogens is 2. The highest BCUT2D eigenvalue weighted by Crippen LogP contribution is 2.12. The van der Waals surface area contributed by atoms with E-state index >= 15 is 0 Å². The molecule has 0 unspecified atom stereocenters. The van der Waals surface area contributed by atoms with Gasteiger partial charge in [-0.3, -0.25) is 4.79 Å². The summed E-state index contributed by atoms with van der Waals surface area (Å²) in [5.74, 6) is -1.03. The minimum Gasteiger partial charge on any atom is -0.359 e. The first-order valence-electron chi connectivity index (χ1n) is 6.30. The number of anilines is 2. The van der Waals surface area contributed by atoms with Crippen molar-refractivity contribution in [3.8, 4) is 0 Å². The lowest BCUT2D eigenvalue weighted by atomic mass is 10.3. The maximum Gasteiger partial charge on any atom is 0.250 e. The van der Waals surface area contributed by atoms with E-state index in [-0.39, 0.29) is 17.5 Å². The molecule has 0 radical (unpaired) electrons. The smallest absolute Gasteiger partial charge is 0.250 e. The molecule has 1 amide bonds. The molecule has 21 heavy (non-hydrogen) atoms. The van der Waals surface area contributed by atoms with Gasteiger partial charge in [-0.2, -0.15) is 0 Å². The first kappa shape index (κ1) is 14.7. The Morgan fingerprint density at radius 1 is 0.857 bits per heavy atom. The van der Waals surface area contributed by atoms with Gasteiger partial charge in [-0.05, 0) is 55.5 Å². The first-order valence-corrected chi connectivity index (χ1v) is 6.30. The second-order valence-electron chi connectivity index (χ2n) is 4.46. The second kappa shape index (κ2) is 6.65. The van der Waals surface area contributed by atoms with Crippen LogP contribution in [0.2, 0.25) is 0 Å². The fourth-order valence-electron chi connectivity index (χ4n) is 1.71. The molecule has 0 heterocycles. The maximum absolute atomic E-state index is 12.8. The zero-order valence-electron chi connectivity index (χ0n) is 11.4. The fourth-order valence-corrected chi connectivity index (χ4v) is 1.71. The van der Waals surface area contributed by atoms with E-state index in [1.54, 1.807) is 19.1 Å². The molecule has 2 aromatic rings. The molecule has 108 valence electrons. The molecule has 0 aliphatic heterocycles. The number of amides is 1. The summed E-state index contributed by atoms with van der Waals surface area (Å²) in [6.45, 7) is 1.72. The molecule has 0 bridgehead atoms. The third-order valence-electron chi connectivity index (χ3n) is 2.65. The van der Waals surface area contributed by atoms with Crippen LogP contribution in [0.5, 0.6) is 0 Å². The van der Waals surface area contributed by atoms with Gasteiger partial charge in [0.05, 0.1) is 0 Å². The van der Waals surface area contributed by atoms with E-state index in [4.69, 9.17) is 0 Å². The van der Waals surface area contributed by atoms with E-state index in [1.807, 2.05) is 0 Å². The Morgan fingerprint density at radius 2 is 1.29 bits per heavy atom. The van der Waals surface area contributed by atoms with Gasteiger partial charge in [0.1, 0.15) is 11.6 Å². The largest absolute Gasteiger partial charge is 0.359 e. The van der Waals surface area contributed by atoms with E-state index in [1.165, 1.54) is 42.5 Å². The Morgan fingerprint density at radius 3 is 1.76 bits per heavy atom. The predicted molar refractivity (Wildman–Crippen MR) is 78.8 cm³/mol. The van der Waals surface area contributed by atoms with Gasteiger partial charge in [-0.1, -0.05) is 0 Å². The van der Waals surface area contributed by atoms with Crippen LogP contribution in [0.3, 0.4) is 0 Å². The van der Waals surface area contributed by atoms with Gasteiger partial charge in [-0.15, -0.1) is 0 Å². The molecule has 0 saturated carbocycles. The molecule has 0 spiro atoms. The molecule has 0 aromatic heterocycles. The second-order valence-corrected chi connectivity index (χ2v) is 4.46. The number of hydrogen-bond acceptors (Lipinski definition) is 2. The van der Waals surface area contributed by atoms with Gasteiger partial charge in [0.15, 0.2) is 0 Å². The van der Waals surface area contributed by atoms with Crippen molar-refractivity contribution in [2.45, 2.75) is 6.92 Å². The van der Waals surface area contributed by atoms with Crippen LogP contribution in [0, 0.1) is 11.6 Å². The molecule has 0 atom stereocenters. The highest BCUT2D eigenvalue weighted by Gasteiger charge is 2.01. The highest BCUT2D eigenvalue weighted by atomic mass is 19.1. The van der Waals surface area contributed by atoms with Crippen LogP contribution in [-0.2, 0) is 4.79 Å². The number of hydrogen-bond donors (Lipinski definition) is 2. The Kier molecular flexibility index (Phi) is 4.66. The Hall–Kier alpha value is -2.69. The molecular formula is C16H14F2N2O. The number of allylic oxidation sites excluding steroid dienone is 1. The van der Waals surface area contributed by atoms with E-state index in [9.17, 15) is 13.6 Å². The summed E-state index contributed by atoms with van der Waals surface area (Å²) in [6.07, 6.45) is 1.37. The van der Waals surface area contributed by atoms with Crippen LogP contribution >= 0.6 is 0 Å². The third-order valence-corrected chi connectivity index (χ3v) is 2.65. The summed E-state index contributed by atoms with van der Waals surface area (Å²) in [5.41, 5.74) is 1.79. The molecule has 2 aromatic carbocycles. The minimum atomic E-state index is -0.363. The predicted octanol–water partition coefficient (Wildman–Crippen LogP) is 3.92. The average molecular weight is 288 g/mol. The quantitative estimate of drug-likeness (QED) is 0.837. The van der Waals surface area contributed by atoms with Gasteiger partial charge in [0.2, 0.25) is 5.91 Å². The molecule has 0 fully saturated rings. The van der Waals surface area contributed by atoms with Crippen LogP contribution in [-0.4, -0.2) is 5.91 Å². The zero-order chi connectivity index (χ0) is 15.2. The van der Waals surface area contributed by atoms with Crippen molar-refractivity contribution in [2.75, 3.05) is 10.6 Å². The summed E-state index contributed by atoms with van der Waals surface area (Å²) in [7, 11) is 0. The van der Waals surface area contributed by atoms with Gasteiger partial charge in [-0.25, -0.2) is 8.78 Å². The van der Waals surface area contributed by atoms with E-state index < -0.39 is 0 Å². The summed E-state index contributed by atoms with van der Waals surface area (Å²) in [6, 6.07) is 11.3. The number of benzene rings is 2. The molecule has 3 nitrogen and oxygen atoms in total. The van der Waals surface area contributed by atoms with Crippen LogP contribution in [0.4, 0.5) is 20.2 Å². The Bertz CT molecular complexity index is 649. The van der Waals surface area contributed by atoms with Gasteiger partial charge >= 0.3 is 0 Å². The molecule has 2 rings (SSSR count). The normalized spacial score (nSPS) is 11.1. The SMILES string of the molecule is CC(=CC(=O)Nc1ccc(F)cc1)Nc1ccc(F)cc1. The number of rotatable bonds is 4. The van der Waals surface area contributed by atoms with Crippen molar-refractivity contribution >= 4 is 17.3 Å². The van der Waals surface area contributed by atoms with Crippen LogP contribution in [0.1, 0.15) is 6.92 Å². The van der Waals surface area contributed by atoms with Crippen molar-refractivity contribution in [3.63, 3.8) is 0 Å². The summed E-state index contributed by atoms with van der Waals surface area (Å²) in [4.78, 5) is 11.8. The molecule has 0 aliphatic rings. The highest BCUT2D eigenvalue weighted by molar-refractivity contribution is 5.99. The number of carbonyl (C=O) groups excluding carboxylic acids is 1. The summed E-state index contributed by atoms with van der Waals surface area (Å²) in [5, 5.41) is 5.58. The lowest BCUT2D eigenvalue weighted by molar-refractivity contribution is -0.111. The molecular weight excluding hydrogens is 274 g/mol. The van der Waals surface area contributed by atoms with E-state index in [2.05, 4.69) is 10.6 Å². The minimum absolute atomic E-state index is 0.323. The lowest BCUT2D eigenvalue weighted by Gasteiger charge is -2.07. The van der Waals surface area contributed by atoms with Crippen molar-refractivity contribution in [1.29, 1.82) is 0 Å². The Labute approximate surface area is 121 Å². The fraction of sp³-hybridized carbons (Fsp3) is 0.0625. The van der Waals surface area contributed by atoms with Gasteiger partial charge in [0.25, 0.3) is 0 Å². The topological polar surface area (TPSA) is 41.1 Å². The lowest BCUT2D eigenvalue weighted by Crippen LogP contribution is -2.10. The van der Waals surface area contributed by atoms with E-state index in [0.29, 0.717) is 17.1 Å². The summed E-state index contributed by atoms with van der Waals surface area (Å²) < 4.78 is 25.5. The number of nitrogens with one attached hydrogen (secondary N) is 2. The van der Waals surface area contributed by atoms with Crippen molar-refractivity contribution in [3.05, 3.63) is 71.9 Å². The van der Waals surface area contributed by atoms with Crippen molar-refractivity contribution in [1.82, 2.24) is 0 Å². The molecule has 0 saturated heterocycles. The van der Waals surface area contributed by atoms with Crippen molar-refractivity contribution < 1.29 is 13.6 Å². The standard InChI is InChI=1S/C16H14F2N2O/c1-11(19-14-6-2-12(17)3-7-14)10-16(21)20-15-8-4-13(18)5-9-15/h2-10,19H,1H3,(H,20,21). The zero-order valence-corrected chi connectivity index (χ0v) is 11.4. The average Bonchev–Trinajstić information content (AvgIpc) is 2.44. The Balaban J connectivity index is 1.96. The number of carbonyl (C=O) groups is 1. The molecule has 0 aliphatic carbocycles. The maximum atomic E-state index is 12.8. The van der Waals surface area contributed by atoms with Crippen LogP contribution < -0.4 is 10.6 Å². The van der Waals surface area contributed by atoms with E-state index in [0.717, 1.165) is 0 Å². The monoisotopic (exact) mass is 288 g/mol. The summed E-state index contributed by atoms with van der Waals surface area (Å²) >= 11 is 0. The van der Waals surface area contributed by atoms with Gasteiger partial charge < -0.3 is 10.6 Å². The molecule has 5 heteroatoms. The van der Waals surface area contributed by atoms with Crippen LogP contribution in [0.25, 0.3) is 0 Å².